The van der Waals surface area contributed by atoms with Crippen LogP contribution in [0, 0.1) is 0 Å². The van der Waals surface area contributed by atoms with Crippen LogP contribution in [0.3, 0.4) is 0 Å². The van der Waals surface area contributed by atoms with Gasteiger partial charge in [0.05, 0.1) is 19.1 Å². The Morgan fingerprint density at radius 3 is 2.58 bits per heavy atom. The van der Waals surface area contributed by atoms with E-state index in [-0.39, 0.29) is 5.91 Å². The highest BCUT2D eigenvalue weighted by atomic mass is 32.2. The van der Waals surface area contributed by atoms with Gasteiger partial charge in [0.2, 0.25) is 5.91 Å². The molecule has 1 heterocycles. The fourth-order valence-corrected chi connectivity index (χ4v) is 3.51. The molecule has 0 saturated heterocycles. The molecule has 7 heteroatoms. The first-order chi connectivity index (χ1) is 11.6. The minimum Gasteiger partial charge on any atom is -0.497 e. The second kappa shape index (κ2) is 6.84. The number of methoxy groups -OCH3 is 1. The Hall–Kier alpha value is -2.02. The number of hydrogen-bond acceptors (Lipinski definition) is 5. The number of nitrogens with zero attached hydrogens (tertiary/aromatic N) is 3. The maximum Gasteiger partial charge on any atom is 0.231 e. The highest BCUT2D eigenvalue weighted by molar-refractivity contribution is 7.98. The molecule has 3 rings (SSSR count). The average Bonchev–Trinajstić information content (AvgIpc) is 3.34. The van der Waals surface area contributed by atoms with Gasteiger partial charge in [-0.15, -0.1) is 10.2 Å². The Labute approximate surface area is 146 Å². The van der Waals surface area contributed by atoms with Gasteiger partial charge in [0, 0.05) is 6.54 Å². The quantitative estimate of drug-likeness (QED) is 0.780. The molecule has 128 valence electrons. The summed E-state index contributed by atoms with van der Waals surface area (Å²) in [4.78, 5) is 12.7. The summed E-state index contributed by atoms with van der Waals surface area (Å²) in [6.45, 7) is 3.24. The summed E-state index contributed by atoms with van der Waals surface area (Å²) in [7, 11) is 1.64. The fraction of sp³-hybridized carbons (Fsp3) is 0.471. The van der Waals surface area contributed by atoms with Crippen LogP contribution in [0.1, 0.15) is 31.2 Å². The summed E-state index contributed by atoms with van der Waals surface area (Å²) < 4.78 is 7.21. The normalized spacial score (nSPS) is 15.1. The van der Waals surface area contributed by atoms with E-state index in [0.717, 1.165) is 41.7 Å². The van der Waals surface area contributed by atoms with E-state index in [1.54, 1.807) is 18.9 Å². The Bertz CT molecular complexity index is 723. The number of benzene rings is 1. The molecular weight excluding hydrogens is 324 g/mol. The van der Waals surface area contributed by atoms with E-state index >= 15 is 0 Å². The van der Waals surface area contributed by atoms with Crippen molar-refractivity contribution in [2.24, 2.45) is 0 Å². The van der Waals surface area contributed by atoms with E-state index < -0.39 is 5.41 Å². The van der Waals surface area contributed by atoms with Gasteiger partial charge in [0.15, 0.2) is 11.0 Å². The Balaban J connectivity index is 1.69. The van der Waals surface area contributed by atoms with Crippen LogP contribution in [-0.2, 0) is 23.3 Å². The molecule has 2 aromatic rings. The third-order valence-corrected chi connectivity index (χ3v) is 5.19. The molecule has 0 aliphatic heterocycles. The van der Waals surface area contributed by atoms with Crippen molar-refractivity contribution in [3.05, 3.63) is 35.7 Å². The van der Waals surface area contributed by atoms with E-state index in [1.807, 2.05) is 42.0 Å². The van der Waals surface area contributed by atoms with Crippen molar-refractivity contribution >= 4 is 17.7 Å². The van der Waals surface area contributed by atoms with E-state index in [2.05, 4.69) is 15.5 Å². The molecule has 1 aromatic heterocycles. The Morgan fingerprint density at radius 1 is 1.33 bits per heavy atom. The summed E-state index contributed by atoms with van der Waals surface area (Å²) in [6, 6.07) is 7.76. The number of nitrogens with one attached hydrogen (secondary N) is 1. The zero-order valence-electron chi connectivity index (χ0n) is 14.2. The molecule has 1 fully saturated rings. The van der Waals surface area contributed by atoms with Gasteiger partial charge in [-0.25, -0.2) is 0 Å². The van der Waals surface area contributed by atoms with Crippen LogP contribution >= 0.6 is 11.8 Å². The van der Waals surface area contributed by atoms with Gasteiger partial charge in [-0.2, -0.15) is 0 Å². The molecule has 0 bridgehead atoms. The van der Waals surface area contributed by atoms with Crippen molar-refractivity contribution in [2.75, 3.05) is 13.4 Å². The molecule has 1 amide bonds. The van der Waals surface area contributed by atoms with Crippen LogP contribution in [0.4, 0.5) is 0 Å². The SMILES string of the molecule is CCn1c(CNC(=O)C2(c3ccc(OC)cc3)CC2)nnc1SC. The number of carbonyl (C=O) groups is 1. The van der Waals surface area contributed by atoms with Crippen LogP contribution in [-0.4, -0.2) is 34.0 Å². The zero-order valence-corrected chi connectivity index (χ0v) is 15.0. The molecule has 1 aliphatic carbocycles. The minimum atomic E-state index is -0.397. The maximum atomic E-state index is 12.7. The van der Waals surface area contributed by atoms with Gasteiger partial charge in [-0.3, -0.25) is 4.79 Å². The van der Waals surface area contributed by atoms with Gasteiger partial charge >= 0.3 is 0 Å². The number of hydrogen-bond donors (Lipinski definition) is 1. The van der Waals surface area contributed by atoms with Crippen LogP contribution in [0.5, 0.6) is 5.75 Å². The van der Waals surface area contributed by atoms with E-state index in [9.17, 15) is 4.79 Å². The lowest BCUT2D eigenvalue weighted by atomic mass is 9.95. The van der Waals surface area contributed by atoms with Crippen LogP contribution < -0.4 is 10.1 Å². The topological polar surface area (TPSA) is 69.0 Å². The lowest BCUT2D eigenvalue weighted by molar-refractivity contribution is -0.123. The number of rotatable bonds is 7. The van der Waals surface area contributed by atoms with Gasteiger partial charge in [-0.1, -0.05) is 23.9 Å². The molecule has 1 N–H and O–H groups in total. The number of ether oxygens (including phenoxy) is 1. The van der Waals surface area contributed by atoms with Gasteiger partial charge in [-0.05, 0) is 43.7 Å². The second-order valence-electron chi connectivity index (χ2n) is 5.84. The highest BCUT2D eigenvalue weighted by Gasteiger charge is 2.51. The van der Waals surface area contributed by atoms with Crippen molar-refractivity contribution < 1.29 is 9.53 Å². The van der Waals surface area contributed by atoms with E-state index in [1.165, 1.54) is 0 Å². The highest BCUT2D eigenvalue weighted by Crippen LogP contribution is 2.48. The first-order valence-corrected chi connectivity index (χ1v) is 9.26. The minimum absolute atomic E-state index is 0.0593. The second-order valence-corrected chi connectivity index (χ2v) is 6.61. The first kappa shape index (κ1) is 16.8. The van der Waals surface area contributed by atoms with Crippen molar-refractivity contribution in [3.8, 4) is 5.75 Å². The fourth-order valence-electron chi connectivity index (χ4n) is 2.93. The molecule has 1 aliphatic rings. The standard InChI is InChI=1S/C17H22N4O2S/c1-4-21-14(19-20-16(21)24-3)11-18-15(22)17(9-10-17)12-5-7-13(23-2)8-6-12/h5-8H,4,9-11H2,1-3H3,(H,18,22). The Kier molecular flexibility index (Phi) is 4.80. The van der Waals surface area contributed by atoms with Crippen molar-refractivity contribution in [1.29, 1.82) is 0 Å². The number of thioether (sulfide) groups is 1. The largest absolute Gasteiger partial charge is 0.497 e. The van der Waals surface area contributed by atoms with Crippen molar-refractivity contribution in [2.45, 2.75) is 43.4 Å². The predicted octanol–water partition coefficient (Wildman–Crippen LogP) is 2.38. The van der Waals surface area contributed by atoms with Crippen molar-refractivity contribution in [1.82, 2.24) is 20.1 Å². The molecule has 0 radical (unpaired) electrons. The van der Waals surface area contributed by atoms with E-state index in [0.29, 0.717) is 6.54 Å². The molecule has 1 saturated carbocycles. The molecule has 6 nitrogen and oxygen atoms in total. The summed E-state index contributed by atoms with van der Waals surface area (Å²) in [6.07, 6.45) is 3.73. The van der Waals surface area contributed by atoms with Crippen LogP contribution in [0.25, 0.3) is 0 Å². The Morgan fingerprint density at radius 2 is 2.04 bits per heavy atom. The van der Waals surface area contributed by atoms with Gasteiger partial charge in [0.1, 0.15) is 5.75 Å². The summed E-state index contributed by atoms with van der Waals surface area (Å²) in [5, 5.41) is 12.2. The lowest BCUT2D eigenvalue weighted by Gasteiger charge is -2.16. The molecule has 0 atom stereocenters. The third kappa shape index (κ3) is 3.00. The molecule has 1 aromatic carbocycles. The van der Waals surface area contributed by atoms with E-state index in [4.69, 9.17) is 4.74 Å². The molecule has 24 heavy (non-hydrogen) atoms. The number of aromatic nitrogens is 3. The first-order valence-electron chi connectivity index (χ1n) is 8.03. The lowest BCUT2D eigenvalue weighted by Crippen LogP contribution is -2.35. The van der Waals surface area contributed by atoms with Crippen LogP contribution in [0.15, 0.2) is 29.4 Å². The molecular formula is C17H22N4O2S. The zero-order chi connectivity index (χ0) is 17.2. The maximum absolute atomic E-state index is 12.7. The van der Waals surface area contributed by atoms with Gasteiger partial charge < -0.3 is 14.6 Å². The monoisotopic (exact) mass is 346 g/mol. The van der Waals surface area contributed by atoms with Crippen molar-refractivity contribution in [3.63, 3.8) is 0 Å². The number of carbonyl (C=O) groups excluding carboxylic acids is 1. The molecule has 0 unspecified atom stereocenters. The van der Waals surface area contributed by atoms with Gasteiger partial charge in [0.25, 0.3) is 0 Å². The predicted molar refractivity (Wildman–Crippen MR) is 93.2 cm³/mol. The third-order valence-electron chi connectivity index (χ3n) is 4.53. The summed E-state index contributed by atoms with van der Waals surface area (Å²) in [5.41, 5.74) is 0.647. The number of amides is 1. The summed E-state index contributed by atoms with van der Waals surface area (Å²) in [5.74, 6) is 1.65. The molecule has 0 spiro atoms. The average molecular weight is 346 g/mol. The smallest absolute Gasteiger partial charge is 0.231 e. The summed E-state index contributed by atoms with van der Waals surface area (Å²) >= 11 is 1.56. The van der Waals surface area contributed by atoms with Crippen LogP contribution in [0.2, 0.25) is 0 Å².